The second kappa shape index (κ2) is 10.6. The molecule has 0 amide bonds. The molecule has 1 aliphatic rings. The summed E-state index contributed by atoms with van der Waals surface area (Å²) in [4.78, 5) is 10.9. The van der Waals surface area contributed by atoms with Crippen LogP contribution in [0.2, 0.25) is 5.02 Å². The molecule has 1 atom stereocenters. The minimum Gasteiger partial charge on any atom is -0.481 e. The van der Waals surface area contributed by atoms with Crippen LogP contribution in [-0.4, -0.2) is 19.5 Å². The molecule has 3 rings (SSSR count). The number of aliphatic carboxylic acids is 1. The lowest BCUT2D eigenvalue weighted by Gasteiger charge is -2.33. The van der Waals surface area contributed by atoms with Gasteiger partial charge in [0.15, 0.2) is 0 Å². The molecule has 0 spiro atoms. The van der Waals surface area contributed by atoms with Gasteiger partial charge >= 0.3 is 5.97 Å². The summed E-state index contributed by atoms with van der Waals surface area (Å²) in [6.45, 7) is 2.25. The molecule has 1 fully saturated rings. The first-order chi connectivity index (χ1) is 14.7. The van der Waals surface area contributed by atoms with Gasteiger partial charge in [-0.3, -0.25) is 4.79 Å². The third-order valence-electron chi connectivity index (χ3n) is 6.13. The molecular formula is C24H30ClNO4S. The van der Waals surface area contributed by atoms with Gasteiger partial charge in [-0.1, -0.05) is 55.6 Å². The highest BCUT2D eigenvalue weighted by molar-refractivity contribution is 7.89. The van der Waals surface area contributed by atoms with Gasteiger partial charge in [-0.15, -0.1) is 0 Å². The quantitative estimate of drug-likeness (QED) is 0.507. The highest BCUT2D eigenvalue weighted by Gasteiger charge is 2.31. The van der Waals surface area contributed by atoms with Gasteiger partial charge in [-0.2, -0.15) is 0 Å². The Bertz CT molecular complexity index is 966. The Kier molecular flexibility index (Phi) is 8.14. The van der Waals surface area contributed by atoms with Crippen LogP contribution in [0.15, 0.2) is 53.4 Å². The zero-order valence-electron chi connectivity index (χ0n) is 17.8. The van der Waals surface area contributed by atoms with Gasteiger partial charge in [-0.25, -0.2) is 13.1 Å². The molecule has 168 valence electrons. The number of benzene rings is 2. The average Bonchev–Trinajstić information content (AvgIpc) is 2.73. The van der Waals surface area contributed by atoms with E-state index in [1.807, 2.05) is 24.3 Å². The molecule has 2 aromatic rings. The maximum Gasteiger partial charge on any atom is 0.303 e. The summed E-state index contributed by atoms with van der Waals surface area (Å²) in [5.74, 6) is 0.109. The fourth-order valence-electron chi connectivity index (χ4n) is 4.24. The van der Waals surface area contributed by atoms with E-state index in [-0.39, 0.29) is 23.3 Å². The molecule has 7 heteroatoms. The third kappa shape index (κ3) is 6.79. The Hall–Kier alpha value is -1.89. The molecule has 1 aliphatic carbocycles. The first kappa shape index (κ1) is 23.8. The highest BCUT2D eigenvalue weighted by atomic mass is 35.5. The number of halogens is 1. The van der Waals surface area contributed by atoms with E-state index in [1.54, 1.807) is 12.1 Å². The van der Waals surface area contributed by atoms with Crippen molar-refractivity contribution in [3.8, 4) is 0 Å². The second-order valence-electron chi connectivity index (χ2n) is 8.56. The maximum absolute atomic E-state index is 13.1. The largest absolute Gasteiger partial charge is 0.481 e. The van der Waals surface area contributed by atoms with Crippen LogP contribution < -0.4 is 4.72 Å². The number of rotatable bonds is 9. The molecular weight excluding hydrogens is 434 g/mol. The zero-order valence-corrected chi connectivity index (χ0v) is 19.3. The monoisotopic (exact) mass is 463 g/mol. The van der Waals surface area contributed by atoms with Crippen LogP contribution in [0.4, 0.5) is 0 Å². The molecule has 0 bridgehead atoms. The first-order valence-electron chi connectivity index (χ1n) is 10.8. The fourth-order valence-corrected chi connectivity index (χ4v) is 5.66. The number of nitrogens with one attached hydrogen (secondary N) is 1. The highest BCUT2D eigenvalue weighted by Crippen LogP contribution is 2.37. The number of carboxylic acid groups (broad SMARTS) is 1. The van der Waals surface area contributed by atoms with Gasteiger partial charge < -0.3 is 5.11 Å². The summed E-state index contributed by atoms with van der Waals surface area (Å²) in [5.41, 5.74) is 2.00. The summed E-state index contributed by atoms with van der Waals surface area (Å²) in [6, 6.07) is 13.8. The molecule has 1 unspecified atom stereocenters. The predicted octanol–water partition coefficient (Wildman–Crippen LogP) is 5.59. The lowest BCUT2D eigenvalue weighted by atomic mass is 9.77. The van der Waals surface area contributed by atoms with Crippen molar-refractivity contribution >= 4 is 27.6 Å². The molecule has 1 saturated carbocycles. The number of hydrogen-bond donors (Lipinski definition) is 2. The number of carboxylic acids is 1. The van der Waals surface area contributed by atoms with Crippen molar-refractivity contribution in [1.29, 1.82) is 0 Å². The molecule has 2 aromatic carbocycles. The van der Waals surface area contributed by atoms with Crippen molar-refractivity contribution in [2.45, 2.75) is 62.8 Å². The minimum absolute atomic E-state index is 0.144. The predicted molar refractivity (Wildman–Crippen MR) is 123 cm³/mol. The summed E-state index contributed by atoms with van der Waals surface area (Å²) >= 11 is 5.92. The fraction of sp³-hybridized carbons (Fsp3) is 0.458. The van der Waals surface area contributed by atoms with Crippen LogP contribution in [0.3, 0.4) is 0 Å². The molecule has 31 heavy (non-hydrogen) atoms. The van der Waals surface area contributed by atoms with E-state index >= 15 is 0 Å². The number of carbonyl (C=O) groups is 1. The van der Waals surface area contributed by atoms with E-state index in [2.05, 4.69) is 11.6 Å². The van der Waals surface area contributed by atoms with E-state index < -0.39 is 16.0 Å². The van der Waals surface area contributed by atoms with Crippen molar-refractivity contribution in [2.24, 2.45) is 11.8 Å². The summed E-state index contributed by atoms with van der Waals surface area (Å²) in [7, 11) is -3.69. The maximum atomic E-state index is 13.1. The van der Waals surface area contributed by atoms with Crippen LogP contribution in [-0.2, 0) is 21.2 Å². The average molecular weight is 464 g/mol. The second-order valence-corrected chi connectivity index (χ2v) is 10.7. The summed E-state index contributed by atoms with van der Waals surface area (Å²) in [5, 5.41) is 9.31. The Labute approximate surface area is 189 Å². The number of hydrogen-bond acceptors (Lipinski definition) is 3. The first-order valence-corrected chi connectivity index (χ1v) is 12.7. The molecule has 5 nitrogen and oxygen atoms in total. The van der Waals surface area contributed by atoms with E-state index in [0.717, 1.165) is 36.8 Å². The van der Waals surface area contributed by atoms with Gasteiger partial charge in [-0.05, 0) is 72.9 Å². The Morgan fingerprint density at radius 2 is 1.68 bits per heavy atom. The van der Waals surface area contributed by atoms with Crippen molar-refractivity contribution in [1.82, 2.24) is 4.72 Å². The van der Waals surface area contributed by atoms with Crippen LogP contribution in [0.1, 0.15) is 62.6 Å². The molecule has 0 radical (unpaired) electrons. The van der Waals surface area contributed by atoms with Crippen molar-refractivity contribution in [3.05, 3.63) is 64.7 Å². The van der Waals surface area contributed by atoms with Gasteiger partial charge in [0.2, 0.25) is 10.0 Å². The van der Waals surface area contributed by atoms with Gasteiger partial charge in [0.25, 0.3) is 0 Å². The standard InChI is InChI=1S/C24H30ClNO4S/c1-17-5-9-19(10-6-17)24(26-31(29,30)22-15-13-21(25)14-16-22)20-11-7-18(8-12-20)3-2-4-23(27)28/h7-8,11-17,19,24,26H,2-6,9-10H2,1H3,(H,27,28). The third-order valence-corrected chi connectivity index (χ3v) is 7.84. The lowest BCUT2D eigenvalue weighted by Crippen LogP contribution is -2.35. The smallest absolute Gasteiger partial charge is 0.303 e. The minimum atomic E-state index is -3.69. The topological polar surface area (TPSA) is 83.5 Å². The van der Waals surface area contributed by atoms with Crippen LogP contribution in [0.5, 0.6) is 0 Å². The molecule has 0 heterocycles. The van der Waals surface area contributed by atoms with Crippen molar-refractivity contribution in [3.63, 3.8) is 0 Å². The van der Waals surface area contributed by atoms with Gasteiger partial charge in [0.1, 0.15) is 0 Å². The van der Waals surface area contributed by atoms with Gasteiger partial charge in [0.05, 0.1) is 4.90 Å². The van der Waals surface area contributed by atoms with E-state index in [0.29, 0.717) is 23.8 Å². The van der Waals surface area contributed by atoms with E-state index in [4.69, 9.17) is 16.7 Å². The summed E-state index contributed by atoms with van der Waals surface area (Å²) in [6.07, 6.45) is 5.57. The molecule has 2 N–H and O–H groups in total. The normalized spacial score (nSPS) is 20.3. The summed E-state index contributed by atoms with van der Waals surface area (Å²) < 4.78 is 29.2. The number of sulfonamides is 1. The molecule has 0 saturated heterocycles. The van der Waals surface area contributed by atoms with Crippen molar-refractivity contribution < 1.29 is 18.3 Å². The van der Waals surface area contributed by atoms with Crippen LogP contribution >= 0.6 is 11.6 Å². The van der Waals surface area contributed by atoms with E-state index in [9.17, 15) is 13.2 Å². The zero-order chi connectivity index (χ0) is 22.4. The Morgan fingerprint density at radius 3 is 2.26 bits per heavy atom. The van der Waals surface area contributed by atoms with Gasteiger partial charge in [0, 0.05) is 17.5 Å². The lowest BCUT2D eigenvalue weighted by molar-refractivity contribution is -0.137. The SMILES string of the molecule is CC1CCC(C(NS(=O)(=O)c2ccc(Cl)cc2)c2ccc(CCCC(=O)O)cc2)CC1. The van der Waals surface area contributed by atoms with Crippen LogP contribution in [0.25, 0.3) is 0 Å². The van der Waals surface area contributed by atoms with Crippen LogP contribution in [0, 0.1) is 11.8 Å². The van der Waals surface area contributed by atoms with Crippen molar-refractivity contribution in [2.75, 3.05) is 0 Å². The number of aryl methyl sites for hydroxylation is 1. The molecule has 0 aliphatic heterocycles. The Balaban J connectivity index is 1.81. The van der Waals surface area contributed by atoms with E-state index in [1.165, 1.54) is 12.1 Å². The molecule has 0 aromatic heterocycles. The Morgan fingerprint density at radius 1 is 1.06 bits per heavy atom.